The average Bonchev–Trinajstić information content (AvgIpc) is 2.21. The summed E-state index contributed by atoms with van der Waals surface area (Å²) < 4.78 is 0.806. The number of aliphatic carboxylic acids is 1. The number of nitrogens with one attached hydrogen (secondary N) is 1. The second kappa shape index (κ2) is 6.39. The first-order chi connectivity index (χ1) is 7.99. The van der Waals surface area contributed by atoms with Crippen LogP contribution in [-0.4, -0.2) is 17.0 Å². The Bertz CT molecular complexity index is 432. The van der Waals surface area contributed by atoms with Crippen molar-refractivity contribution in [2.45, 2.75) is 26.2 Å². The van der Waals surface area contributed by atoms with Crippen molar-refractivity contribution in [1.82, 2.24) is 0 Å². The summed E-state index contributed by atoms with van der Waals surface area (Å²) in [5.41, 5.74) is 1.77. The fraction of sp³-hybridized carbons (Fsp3) is 0.333. The molecule has 4 nitrogen and oxygen atoms in total. The minimum Gasteiger partial charge on any atom is -0.481 e. The molecule has 0 heterocycles. The van der Waals surface area contributed by atoms with Crippen molar-refractivity contribution < 1.29 is 14.7 Å². The first-order valence-corrected chi connectivity index (χ1v) is 6.06. The second-order valence-corrected chi connectivity index (χ2v) is 4.60. The maximum absolute atomic E-state index is 10.9. The van der Waals surface area contributed by atoms with Crippen LogP contribution in [0.15, 0.2) is 22.7 Å². The molecular weight excluding hydrogens is 286 g/mol. The topological polar surface area (TPSA) is 66.4 Å². The smallest absolute Gasteiger partial charge is 0.303 e. The quantitative estimate of drug-likeness (QED) is 0.878. The number of benzene rings is 1. The van der Waals surface area contributed by atoms with Crippen LogP contribution in [0, 0.1) is 0 Å². The third-order valence-corrected chi connectivity index (χ3v) is 2.86. The predicted octanol–water partition coefficient (Wildman–Crippen LogP) is 2.81. The van der Waals surface area contributed by atoms with Gasteiger partial charge in [0.25, 0.3) is 0 Å². The number of aryl methyl sites for hydroxylation is 1. The molecule has 0 spiro atoms. The summed E-state index contributed by atoms with van der Waals surface area (Å²) in [5.74, 6) is -0.900. The number of anilines is 1. The maximum Gasteiger partial charge on any atom is 0.303 e. The van der Waals surface area contributed by atoms with Crippen LogP contribution in [0.1, 0.15) is 25.3 Å². The first kappa shape index (κ1) is 13.7. The van der Waals surface area contributed by atoms with Crippen molar-refractivity contribution in [2.24, 2.45) is 0 Å². The van der Waals surface area contributed by atoms with Crippen LogP contribution in [0.25, 0.3) is 0 Å². The van der Waals surface area contributed by atoms with Crippen molar-refractivity contribution in [1.29, 1.82) is 0 Å². The Morgan fingerprint density at radius 1 is 1.41 bits per heavy atom. The molecule has 0 fully saturated rings. The van der Waals surface area contributed by atoms with Gasteiger partial charge in [0.2, 0.25) is 5.91 Å². The standard InChI is InChI=1S/C12H14BrNO3/c1-8(15)14-11-6-5-9(7-10(11)13)3-2-4-12(16)17/h5-7H,2-4H2,1H3,(H,14,15)(H,16,17). The molecule has 5 heteroatoms. The number of rotatable bonds is 5. The molecule has 0 bridgehead atoms. The Balaban J connectivity index is 2.62. The SMILES string of the molecule is CC(=O)Nc1ccc(CCCC(=O)O)cc1Br. The Kier molecular flexibility index (Phi) is 5.15. The van der Waals surface area contributed by atoms with Gasteiger partial charge < -0.3 is 10.4 Å². The molecule has 0 aliphatic rings. The van der Waals surface area contributed by atoms with Gasteiger partial charge in [0.15, 0.2) is 0 Å². The molecule has 1 rings (SSSR count). The number of carbonyl (C=O) groups is 2. The summed E-state index contributed by atoms with van der Waals surface area (Å²) in [4.78, 5) is 21.3. The van der Waals surface area contributed by atoms with Crippen LogP contribution in [0.5, 0.6) is 0 Å². The molecule has 0 saturated carbocycles. The van der Waals surface area contributed by atoms with E-state index in [1.165, 1.54) is 6.92 Å². The number of hydrogen-bond donors (Lipinski definition) is 2. The third kappa shape index (κ3) is 4.99. The van der Waals surface area contributed by atoms with Gasteiger partial charge in [-0.1, -0.05) is 6.07 Å². The van der Waals surface area contributed by atoms with Crippen LogP contribution in [0.2, 0.25) is 0 Å². The van der Waals surface area contributed by atoms with Crippen molar-refractivity contribution in [3.05, 3.63) is 28.2 Å². The lowest BCUT2D eigenvalue weighted by molar-refractivity contribution is -0.137. The lowest BCUT2D eigenvalue weighted by Crippen LogP contribution is -2.06. The van der Waals surface area contributed by atoms with Crippen molar-refractivity contribution >= 4 is 33.5 Å². The molecular formula is C12H14BrNO3. The van der Waals surface area contributed by atoms with E-state index in [1.807, 2.05) is 18.2 Å². The van der Waals surface area contributed by atoms with Crippen molar-refractivity contribution in [3.63, 3.8) is 0 Å². The lowest BCUT2D eigenvalue weighted by atomic mass is 10.1. The molecule has 0 aliphatic carbocycles. The fourth-order valence-corrected chi connectivity index (χ4v) is 1.97. The summed E-state index contributed by atoms with van der Waals surface area (Å²) in [5, 5.41) is 11.2. The zero-order valence-corrected chi connectivity index (χ0v) is 11.1. The Morgan fingerprint density at radius 2 is 2.12 bits per heavy atom. The van der Waals surface area contributed by atoms with Crippen LogP contribution >= 0.6 is 15.9 Å². The van der Waals surface area contributed by atoms with E-state index in [-0.39, 0.29) is 12.3 Å². The molecule has 0 aromatic heterocycles. The van der Waals surface area contributed by atoms with Gasteiger partial charge in [0.1, 0.15) is 0 Å². The Hall–Kier alpha value is -1.36. The van der Waals surface area contributed by atoms with Gasteiger partial charge >= 0.3 is 5.97 Å². The predicted molar refractivity (Wildman–Crippen MR) is 69.0 cm³/mol. The van der Waals surface area contributed by atoms with Gasteiger partial charge in [-0.05, 0) is 46.5 Å². The van der Waals surface area contributed by atoms with E-state index in [1.54, 1.807) is 0 Å². The van der Waals surface area contributed by atoms with Crippen LogP contribution in [-0.2, 0) is 16.0 Å². The molecule has 1 aromatic carbocycles. The number of carboxylic acids is 1. The molecule has 0 radical (unpaired) electrons. The second-order valence-electron chi connectivity index (χ2n) is 3.74. The summed E-state index contributed by atoms with van der Waals surface area (Å²) in [6.07, 6.45) is 1.50. The monoisotopic (exact) mass is 299 g/mol. The van der Waals surface area contributed by atoms with E-state index < -0.39 is 5.97 Å². The molecule has 17 heavy (non-hydrogen) atoms. The van der Waals surface area contributed by atoms with E-state index >= 15 is 0 Å². The van der Waals surface area contributed by atoms with E-state index in [2.05, 4.69) is 21.2 Å². The molecule has 1 aromatic rings. The van der Waals surface area contributed by atoms with E-state index in [9.17, 15) is 9.59 Å². The van der Waals surface area contributed by atoms with E-state index in [0.717, 1.165) is 15.7 Å². The van der Waals surface area contributed by atoms with Crippen LogP contribution in [0.3, 0.4) is 0 Å². The zero-order chi connectivity index (χ0) is 12.8. The summed E-state index contributed by atoms with van der Waals surface area (Å²) in [6, 6.07) is 5.59. The van der Waals surface area contributed by atoms with Crippen molar-refractivity contribution in [2.75, 3.05) is 5.32 Å². The number of carbonyl (C=O) groups excluding carboxylic acids is 1. The van der Waals surface area contributed by atoms with E-state index in [4.69, 9.17) is 5.11 Å². The van der Waals surface area contributed by atoms with Crippen LogP contribution < -0.4 is 5.32 Å². The highest BCUT2D eigenvalue weighted by Gasteiger charge is 2.04. The minimum atomic E-state index is -0.779. The van der Waals surface area contributed by atoms with Gasteiger partial charge in [0, 0.05) is 17.8 Å². The lowest BCUT2D eigenvalue weighted by Gasteiger charge is -2.07. The zero-order valence-electron chi connectivity index (χ0n) is 9.50. The molecule has 0 aliphatic heterocycles. The van der Waals surface area contributed by atoms with E-state index in [0.29, 0.717) is 12.8 Å². The molecule has 1 amide bonds. The molecule has 0 unspecified atom stereocenters. The third-order valence-electron chi connectivity index (χ3n) is 2.20. The molecule has 2 N–H and O–H groups in total. The summed E-state index contributed by atoms with van der Waals surface area (Å²) in [6.45, 7) is 1.45. The normalized spacial score (nSPS) is 10.0. The highest BCUT2D eigenvalue weighted by molar-refractivity contribution is 9.10. The summed E-state index contributed by atoms with van der Waals surface area (Å²) in [7, 11) is 0. The number of hydrogen-bond acceptors (Lipinski definition) is 2. The Labute approximate surface area is 108 Å². The number of carboxylic acid groups (broad SMARTS) is 1. The van der Waals surface area contributed by atoms with Gasteiger partial charge in [-0.15, -0.1) is 0 Å². The Morgan fingerprint density at radius 3 is 2.65 bits per heavy atom. The number of halogens is 1. The molecule has 92 valence electrons. The van der Waals surface area contributed by atoms with Gasteiger partial charge in [-0.3, -0.25) is 9.59 Å². The first-order valence-electron chi connectivity index (χ1n) is 5.27. The van der Waals surface area contributed by atoms with Crippen LogP contribution in [0.4, 0.5) is 5.69 Å². The molecule has 0 saturated heterocycles. The van der Waals surface area contributed by atoms with Gasteiger partial charge in [-0.25, -0.2) is 0 Å². The largest absolute Gasteiger partial charge is 0.481 e. The highest BCUT2D eigenvalue weighted by atomic mass is 79.9. The molecule has 0 atom stereocenters. The van der Waals surface area contributed by atoms with Crippen molar-refractivity contribution in [3.8, 4) is 0 Å². The fourth-order valence-electron chi connectivity index (χ4n) is 1.45. The van der Waals surface area contributed by atoms with Gasteiger partial charge in [-0.2, -0.15) is 0 Å². The number of amides is 1. The van der Waals surface area contributed by atoms with Gasteiger partial charge in [0.05, 0.1) is 5.69 Å². The summed E-state index contributed by atoms with van der Waals surface area (Å²) >= 11 is 3.37. The maximum atomic E-state index is 10.9. The minimum absolute atomic E-state index is 0.121. The average molecular weight is 300 g/mol. The highest BCUT2D eigenvalue weighted by Crippen LogP contribution is 2.24.